The molecule has 0 spiro atoms. The molecule has 0 aromatic carbocycles. The molecular weight excluding hydrogens is 196 g/mol. The van der Waals surface area contributed by atoms with Crippen molar-refractivity contribution in [1.82, 2.24) is 4.73 Å². The molecular formula is C6H11BrN2O. The molecule has 0 radical (unpaired) electrons. The summed E-state index contributed by atoms with van der Waals surface area (Å²) in [6.07, 6.45) is 5.66. The number of aromatic nitrogens is 2. The van der Waals surface area contributed by atoms with Gasteiger partial charge in [-0.25, -0.2) is 4.57 Å². The van der Waals surface area contributed by atoms with Gasteiger partial charge in [0.2, 0.25) is 0 Å². The van der Waals surface area contributed by atoms with Gasteiger partial charge in [0.1, 0.15) is 12.8 Å². The van der Waals surface area contributed by atoms with E-state index in [0.29, 0.717) is 6.61 Å². The Labute approximate surface area is 71.0 Å². The van der Waals surface area contributed by atoms with Gasteiger partial charge in [0.25, 0.3) is 6.33 Å². The molecule has 0 unspecified atom stereocenters. The predicted molar refractivity (Wildman–Crippen MR) is 32.7 cm³/mol. The average molecular weight is 207 g/mol. The molecule has 58 valence electrons. The van der Waals surface area contributed by atoms with Crippen molar-refractivity contribution in [2.24, 2.45) is 7.05 Å². The number of hydrogen-bond donors (Lipinski definition) is 0. The third kappa shape index (κ3) is 2.39. The van der Waals surface area contributed by atoms with Gasteiger partial charge in [-0.15, -0.1) is 0 Å². The van der Waals surface area contributed by atoms with Crippen LogP contribution >= 0.6 is 0 Å². The Kier molecular flexibility index (Phi) is 4.11. The molecule has 10 heavy (non-hydrogen) atoms. The SMILES string of the molecule is CCOn1cc[n+](C)c1.[Br-]. The molecule has 0 fully saturated rings. The van der Waals surface area contributed by atoms with Gasteiger partial charge in [0.15, 0.2) is 6.20 Å². The molecule has 0 atom stereocenters. The van der Waals surface area contributed by atoms with Crippen LogP contribution in [-0.4, -0.2) is 11.3 Å². The van der Waals surface area contributed by atoms with Crippen LogP contribution in [0.3, 0.4) is 0 Å². The van der Waals surface area contributed by atoms with Crippen molar-refractivity contribution in [2.75, 3.05) is 6.61 Å². The molecule has 1 aromatic rings. The quantitative estimate of drug-likeness (QED) is 0.466. The van der Waals surface area contributed by atoms with E-state index < -0.39 is 0 Å². The first-order valence-corrected chi connectivity index (χ1v) is 2.99. The Bertz CT molecular complexity index is 188. The summed E-state index contributed by atoms with van der Waals surface area (Å²) in [4.78, 5) is 5.12. The number of nitrogens with zero attached hydrogens (tertiary/aromatic N) is 2. The maximum absolute atomic E-state index is 5.12. The Morgan fingerprint density at radius 1 is 1.60 bits per heavy atom. The lowest BCUT2D eigenvalue weighted by molar-refractivity contribution is -0.672. The lowest BCUT2D eigenvalue weighted by Crippen LogP contribution is -3.00. The highest BCUT2D eigenvalue weighted by molar-refractivity contribution is 4.59. The molecule has 0 amide bonds. The zero-order valence-corrected chi connectivity index (χ0v) is 7.71. The van der Waals surface area contributed by atoms with Crippen LogP contribution in [0.1, 0.15) is 6.92 Å². The summed E-state index contributed by atoms with van der Waals surface area (Å²) in [5.74, 6) is 0. The van der Waals surface area contributed by atoms with E-state index in [1.807, 2.05) is 37.3 Å². The zero-order valence-electron chi connectivity index (χ0n) is 6.12. The minimum absolute atomic E-state index is 0. The Morgan fingerprint density at radius 2 is 2.30 bits per heavy atom. The number of hydrogen-bond acceptors (Lipinski definition) is 1. The van der Waals surface area contributed by atoms with Gasteiger partial charge >= 0.3 is 0 Å². The van der Waals surface area contributed by atoms with Gasteiger partial charge in [-0.2, -0.15) is 0 Å². The Balaban J connectivity index is 0.000000810. The van der Waals surface area contributed by atoms with E-state index >= 15 is 0 Å². The molecule has 1 rings (SSSR count). The Morgan fingerprint density at radius 3 is 2.70 bits per heavy atom. The molecule has 4 heteroatoms. The monoisotopic (exact) mass is 206 g/mol. The van der Waals surface area contributed by atoms with E-state index in [2.05, 4.69) is 0 Å². The van der Waals surface area contributed by atoms with E-state index in [1.54, 1.807) is 4.73 Å². The van der Waals surface area contributed by atoms with E-state index in [-0.39, 0.29) is 17.0 Å². The van der Waals surface area contributed by atoms with Crippen LogP contribution in [0.15, 0.2) is 18.7 Å². The van der Waals surface area contributed by atoms with E-state index in [9.17, 15) is 0 Å². The zero-order chi connectivity index (χ0) is 6.69. The van der Waals surface area contributed by atoms with Crippen LogP contribution in [-0.2, 0) is 7.05 Å². The molecule has 0 saturated heterocycles. The summed E-state index contributed by atoms with van der Waals surface area (Å²) < 4.78 is 3.61. The summed E-state index contributed by atoms with van der Waals surface area (Å²) >= 11 is 0. The first-order chi connectivity index (χ1) is 4.33. The van der Waals surface area contributed by atoms with Crippen molar-refractivity contribution in [1.29, 1.82) is 0 Å². The summed E-state index contributed by atoms with van der Waals surface area (Å²) in [7, 11) is 1.95. The number of imidazole rings is 1. The second-order valence-corrected chi connectivity index (χ2v) is 1.86. The predicted octanol–water partition coefficient (Wildman–Crippen LogP) is -3.23. The molecule has 1 aromatic heterocycles. The highest BCUT2D eigenvalue weighted by Crippen LogP contribution is 1.75. The normalized spacial score (nSPS) is 8.60. The molecule has 1 heterocycles. The van der Waals surface area contributed by atoms with Gasteiger partial charge in [-0.1, -0.05) is 4.73 Å². The molecule has 0 bridgehead atoms. The second-order valence-electron chi connectivity index (χ2n) is 1.86. The van der Waals surface area contributed by atoms with Crippen LogP contribution in [0, 0.1) is 0 Å². The van der Waals surface area contributed by atoms with Crippen molar-refractivity contribution >= 4 is 0 Å². The van der Waals surface area contributed by atoms with Crippen LogP contribution in [0.5, 0.6) is 0 Å². The van der Waals surface area contributed by atoms with Crippen molar-refractivity contribution in [3.63, 3.8) is 0 Å². The molecule has 0 aliphatic heterocycles. The molecule has 0 aliphatic rings. The smallest absolute Gasteiger partial charge is 0.284 e. The van der Waals surface area contributed by atoms with Crippen molar-refractivity contribution in [2.45, 2.75) is 6.92 Å². The topological polar surface area (TPSA) is 18.0 Å². The van der Waals surface area contributed by atoms with Gasteiger partial charge in [-0.05, 0) is 6.92 Å². The summed E-state index contributed by atoms with van der Waals surface area (Å²) in [6.45, 7) is 2.66. The number of rotatable bonds is 2. The summed E-state index contributed by atoms with van der Waals surface area (Å²) in [5.41, 5.74) is 0. The van der Waals surface area contributed by atoms with E-state index in [4.69, 9.17) is 4.84 Å². The van der Waals surface area contributed by atoms with E-state index in [1.165, 1.54) is 0 Å². The van der Waals surface area contributed by atoms with E-state index in [0.717, 1.165) is 0 Å². The standard InChI is InChI=1S/C6H11N2O.BrH/c1-3-9-8-5-4-7(2)6-8;/h4-6H,3H2,1-2H3;1H/q+1;/p-1. The average Bonchev–Trinajstić information content (AvgIpc) is 2.17. The van der Waals surface area contributed by atoms with Crippen molar-refractivity contribution in [3.05, 3.63) is 18.7 Å². The fraction of sp³-hybridized carbons (Fsp3) is 0.500. The minimum atomic E-state index is 0. The lowest BCUT2D eigenvalue weighted by Gasteiger charge is -1.90. The highest BCUT2D eigenvalue weighted by Gasteiger charge is 1.96. The van der Waals surface area contributed by atoms with Gasteiger partial charge in [0.05, 0.1) is 7.05 Å². The fourth-order valence-corrected chi connectivity index (χ4v) is 0.653. The number of halogens is 1. The highest BCUT2D eigenvalue weighted by atomic mass is 79.9. The Hall–Kier alpha value is -0.510. The largest absolute Gasteiger partial charge is 1.00 e. The van der Waals surface area contributed by atoms with Gasteiger partial charge < -0.3 is 21.8 Å². The van der Waals surface area contributed by atoms with Crippen LogP contribution in [0.4, 0.5) is 0 Å². The lowest BCUT2D eigenvalue weighted by atomic mass is 10.9. The first kappa shape index (κ1) is 9.49. The first-order valence-electron chi connectivity index (χ1n) is 2.99. The molecule has 0 saturated carbocycles. The summed E-state index contributed by atoms with van der Waals surface area (Å²) in [5, 5.41) is 0. The maximum atomic E-state index is 5.12. The second kappa shape index (κ2) is 4.33. The summed E-state index contributed by atoms with van der Waals surface area (Å²) in [6, 6.07) is 0. The third-order valence-corrected chi connectivity index (χ3v) is 1.02. The van der Waals surface area contributed by atoms with Crippen molar-refractivity contribution < 1.29 is 26.4 Å². The molecule has 3 nitrogen and oxygen atoms in total. The maximum Gasteiger partial charge on any atom is 0.284 e. The van der Waals surface area contributed by atoms with Crippen molar-refractivity contribution in [3.8, 4) is 0 Å². The van der Waals surface area contributed by atoms with Crippen LogP contribution < -0.4 is 26.4 Å². The molecule has 0 N–H and O–H groups in total. The van der Waals surface area contributed by atoms with Gasteiger partial charge in [-0.3, -0.25) is 0 Å². The van der Waals surface area contributed by atoms with Crippen LogP contribution in [0.2, 0.25) is 0 Å². The number of aryl methyl sites for hydroxylation is 1. The minimum Gasteiger partial charge on any atom is -1.00 e. The third-order valence-electron chi connectivity index (χ3n) is 1.02. The fourth-order valence-electron chi connectivity index (χ4n) is 0.653. The van der Waals surface area contributed by atoms with Crippen LogP contribution in [0.25, 0.3) is 0 Å². The van der Waals surface area contributed by atoms with Gasteiger partial charge in [0, 0.05) is 0 Å². The molecule has 0 aliphatic carbocycles.